The molecular formula is C14H22N2O2S2. The van der Waals surface area contributed by atoms with Crippen LogP contribution >= 0.6 is 11.8 Å². The third-order valence-electron chi connectivity index (χ3n) is 3.62. The Bertz CT molecular complexity index is 529. The Morgan fingerprint density at radius 3 is 2.55 bits per heavy atom. The monoisotopic (exact) mass is 314 g/mol. The van der Waals surface area contributed by atoms with E-state index in [1.807, 2.05) is 23.9 Å². The van der Waals surface area contributed by atoms with E-state index >= 15 is 0 Å². The molecule has 0 aromatic heterocycles. The molecule has 0 bridgehead atoms. The molecular weight excluding hydrogens is 292 g/mol. The Kier molecular flexibility index (Phi) is 5.35. The summed E-state index contributed by atoms with van der Waals surface area (Å²) in [6.07, 6.45) is 3.72. The third kappa shape index (κ3) is 3.68. The van der Waals surface area contributed by atoms with E-state index in [-0.39, 0.29) is 0 Å². The molecule has 20 heavy (non-hydrogen) atoms. The normalized spacial score (nSPS) is 22.9. The lowest BCUT2D eigenvalue weighted by Gasteiger charge is -2.21. The van der Waals surface area contributed by atoms with E-state index < -0.39 is 10.0 Å². The maximum absolute atomic E-state index is 11.7. The van der Waals surface area contributed by atoms with Crippen LogP contribution < -0.4 is 10.0 Å². The van der Waals surface area contributed by atoms with Gasteiger partial charge in [0.05, 0.1) is 4.90 Å². The standard InChI is InChI=1S/C14H22N2O2S2/c1-3-19-14-6-4-5-13(14)16-11-7-9-12(10-8-11)20(17,18)15-2/h7-10,13-16H,3-6H2,1-2H3. The van der Waals surface area contributed by atoms with Gasteiger partial charge in [0.2, 0.25) is 10.0 Å². The second-order valence-electron chi connectivity index (χ2n) is 4.91. The average molecular weight is 314 g/mol. The summed E-state index contributed by atoms with van der Waals surface area (Å²) in [5.74, 6) is 1.14. The van der Waals surface area contributed by atoms with Crippen molar-refractivity contribution in [3.05, 3.63) is 24.3 Å². The number of thioether (sulfide) groups is 1. The Hall–Kier alpha value is -0.720. The van der Waals surface area contributed by atoms with Crippen LogP contribution in [-0.4, -0.2) is 32.5 Å². The van der Waals surface area contributed by atoms with Gasteiger partial charge in [-0.2, -0.15) is 11.8 Å². The molecule has 0 aliphatic heterocycles. The first-order valence-electron chi connectivity index (χ1n) is 6.98. The summed E-state index contributed by atoms with van der Waals surface area (Å²) in [4.78, 5) is 0.302. The maximum atomic E-state index is 11.7. The van der Waals surface area contributed by atoms with Crippen molar-refractivity contribution in [1.82, 2.24) is 4.72 Å². The van der Waals surface area contributed by atoms with E-state index in [1.54, 1.807) is 12.1 Å². The highest BCUT2D eigenvalue weighted by Crippen LogP contribution is 2.32. The summed E-state index contributed by atoms with van der Waals surface area (Å²) in [5.41, 5.74) is 0.994. The van der Waals surface area contributed by atoms with E-state index in [9.17, 15) is 8.42 Å². The van der Waals surface area contributed by atoms with Gasteiger partial charge in [0.15, 0.2) is 0 Å². The van der Waals surface area contributed by atoms with Gasteiger partial charge in [-0.3, -0.25) is 0 Å². The van der Waals surface area contributed by atoms with Crippen LogP contribution in [0.1, 0.15) is 26.2 Å². The molecule has 1 aliphatic rings. The van der Waals surface area contributed by atoms with Crippen molar-refractivity contribution < 1.29 is 8.42 Å². The Balaban J connectivity index is 2.04. The van der Waals surface area contributed by atoms with Crippen LogP contribution in [-0.2, 0) is 10.0 Å². The van der Waals surface area contributed by atoms with Crippen LogP contribution in [0.25, 0.3) is 0 Å². The number of sulfonamides is 1. The van der Waals surface area contributed by atoms with Crippen molar-refractivity contribution in [3.8, 4) is 0 Å². The molecule has 0 saturated heterocycles. The largest absolute Gasteiger partial charge is 0.381 e. The number of hydrogen-bond acceptors (Lipinski definition) is 4. The van der Waals surface area contributed by atoms with E-state index in [0.29, 0.717) is 16.2 Å². The van der Waals surface area contributed by atoms with Gasteiger partial charge >= 0.3 is 0 Å². The molecule has 0 radical (unpaired) electrons. The lowest BCUT2D eigenvalue weighted by molar-refractivity contribution is 0.588. The Morgan fingerprint density at radius 2 is 1.95 bits per heavy atom. The Labute approximate surface area is 125 Å². The van der Waals surface area contributed by atoms with Gasteiger partial charge in [-0.05, 0) is 49.9 Å². The lowest BCUT2D eigenvalue weighted by Crippen LogP contribution is -2.26. The zero-order chi connectivity index (χ0) is 14.6. The summed E-state index contributed by atoms with van der Waals surface area (Å²) in [6.45, 7) is 2.19. The van der Waals surface area contributed by atoms with Gasteiger partial charge in [-0.25, -0.2) is 13.1 Å². The average Bonchev–Trinajstić information content (AvgIpc) is 2.87. The highest BCUT2D eigenvalue weighted by Gasteiger charge is 2.26. The van der Waals surface area contributed by atoms with Crippen molar-refractivity contribution in [2.45, 2.75) is 42.4 Å². The van der Waals surface area contributed by atoms with Crippen LogP contribution in [0.5, 0.6) is 0 Å². The summed E-state index contributed by atoms with van der Waals surface area (Å²) < 4.78 is 25.6. The first kappa shape index (κ1) is 15.7. The minimum absolute atomic E-state index is 0.302. The van der Waals surface area contributed by atoms with Gasteiger partial charge < -0.3 is 5.32 Å². The molecule has 2 unspecified atom stereocenters. The molecule has 0 heterocycles. The molecule has 0 amide bonds. The zero-order valence-electron chi connectivity index (χ0n) is 11.9. The van der Waals surface area contributed by atoms with Crippen molar-refractivity contribution in [1.29, 1.82) is 0 Å². The number of rotatable bonds is 6. The quantitative estimate of drug-likeness (QED) is 0.847. The second kappa shape index (κ2) is 6.83. The summed E-state index contributed by atoms with van der Waals surface area (Å²) >= 11 is 2.01. The molecule has 1 saturated carbocycles. The molecule has 1 aliphatic carbocycles. The maximum Gasteiger partial charge on any atom is 0.240 e. The van der Waals surface area contributed by atoms with Crippen LogP contribution in [0.4, 0.5) is 5.69 Å². The summed E-state index contributed by atoms with van der Waals surface area (Å²) in [5, 5.41) is 4.20. The predicted molar refractivity (Wildman–Crippen MR) is 85.9 cm³/mol. The molecule has 1 fully saturated rings. The topological polar surface area (TPSA) is 58.2 Å². The SMILES string of the molecule is CCSC1CCCC1Nc1ccc(S(=O)(=O)NC)cc1. The molecule has 2 N–H and O–H groups in total. The minimum Gasteiger partial charge on any atom is -0.381 e. The van der Waals surface area contributed by atoms with Crippen molar-refractivity contribution in [2.24, 2.45) is 0 Å². The van der Waals surface area contributed by atoms with Gasteiger partial charge in [0.25, 0.3) is 0 Å². The molecule has 4 nitrogen and oxygen atoms in total. The first-order valence-corrected chi connectivity index (χ1v) is 9.51. The number of benzene rings is 1. The van der Waals surface area contributed by atoms with Gasteiger partial charge in [0.1, 0.15) is 0 Å². The van der Waals surface area contributed by atoms with Crippen LogP contribution in [0.2, 0.25) is 0 Å². The zero-order valence-corrected chi connectivity index (χ0v) is 13.6. The van der Waals surface area contributed by atoms with E-state index in [0.717, 1.165) is 11.4 Å². The van der Waals surface area contributed by atoms with Crippen molar-refractivity contribution >= 4 is 27.5 Å². The number of hydrogen-bond donors (Lipinski definition) is 2. The van der Waals surface area contributed by atoms with Gasteiger partial charge in [-0.15, -0.1) is 0 Å². The van der Waals surface area contributed by atoms with Gasteiger partial charge in [-0.1, -0.05) is 13.3 Å². The number of nitrogens with one attached hydrogen (secondary N) is 2. The number of anilines is 1. The van der Waals surface area contributed by atoms with E-state index in [4.69, 9.17) is 0 Å². The predicted octanol–water partition coefficient (Wildman–Crippen LogP) is 2.68. The fourth-order valence-corrected chi connectivity index (χ4v) is 4.49. The Morgan fingerprint density at radius 1 is 1.25 bits per heavy atom. The molecule has 1 aromatic rings. The first-order chi connectivity index (χ1) is 9.56. The highest BCUT2D eigenvalue weighted by molar-refractivity contribution is 7.99. The van der Waals surface area contributed by atoms with Crippen LogP contribution in [0, 0.1) is 0 Å². The minimum atomic E-state index is -3.34. The highest BCUT2D eigenvalue weighted by atomic mass is 32.2. The smallest absolute Gasteiger partial charge is 0.240 e. The lowest BCUT2D eigenvalue weighted by atomic mass is 10.2. The van der Waals surface area contributed by atoms with Gasteiger partial charge in [0, 0.05) is 17.0 Å². The van der Waals surface area contributed by atoms with Crippen molar-refractivity contribution in [3.63, 3.8) is 0 Å². The molecule has 112 valence electrons. The second-order valence-corrected chi connectivity index (χ2v) is 8.31. The molecule has 2 rings (SSSR count). The summed E-state index contributed by atoms with van der Waals surface area (Å²) in [7, 11) is -1.92. The molecule has 0 spiro atoms. The molecule has 2 atom stereocenters. The third-order valence-corrected chi connectivity index (χ3v) is 6.37. The fourth-order valence-electron chi connectivity index (χ4n) is 2.57. The molecule has 1 aromatic carbocycles. The van der Waals surface area contributed by atoms with E-state index in [1.165, 1.54) is 26.3 Å². The van der Waals surface area contributed by atoms with Crippen LogP contribution in [0.3, 0.4) is 0 Å². The van der Waals surface area contributed by atoms with E-state index in [2.05, 4.69) is 17.0 Å². The fraction of sp³-hybridized carbons (Fsp3) is 0.571. The summed E-state index contributed by atoms with van der Waals surface area (Å²) in [6, 6.07) is 7.47. The molecule has 6 heteroatoms. The van der Waals surface area contributed by atoms with Crippen molar-refractivity contribution in [2.75, 3.05) is 18.1 Å². The van der Waals surface area contributed by atoms with Crippen LogP contribution in [0.15, 0.2) is 29.2 Å².